The summed E-state index contributed by atoms with van der Waals surface area (Å²) in [6, 6.07) is 0. The van der Waals surface area contributed by atoms with Crippen LogP contribution in [0.25, 0.3) is 0 Å². The molecule has 0 fully saturated rings. The Labute approximate surface area is 345 Å². The van der Waals surface area contributed by atoms with Crippen molar-refractivity contribution in [2.75, 3.05) is 6.61 Å². The van der Waals surface area contributed by atoms with Gasteiger partial charge in [0.05, 0.1) is 6.61 Å². The van der Waals surface area contributed by atoms with E-state index in [2.05, 4.69) is 4.74 Å². The Morgan fingerprint density at radius 1 is 0.261 bits per heavy atom. The Hall–Kier alpha value is -3.50. The minimum atomic E-state index is -9.82. The van der Waals surface area contributed by atoms with Gasteiger partial charge in [0.1, 0.15) is 0 Å². The molecule has 0 N–H and O–H groups in total. The lowest BCUT2D eigenvalue weighted by atomic mass is 10.2. The van der Waals surface area contributed by atoms with E-state index in [1.807, 2.05) is 0 Å². The summed E-state index contributed by atoms with van der Waals surface area (Å²) in [6.07, 6.45) is -117. The van der Waals surface area contributed by atoms with Gasteiger partial charge in [-0.15, -0.1) is 0 Å². The topological polar surface area (TPSA) is 81.7 Å². The molecule has 414 valence electrons. The average molecular weight is 1140 g/mol. The number of hydrogen-bond donors (Lipinski definition) is 0. The first-order valence-corrected chi connectivity index (χ1v) is 14.5. The third kappa shape index (κ3) is 11.3. The lowest BCUT2D eigenvalue weighted by Gasteiger charge is -2.45. The van der Waals surface area contributed by atoms with Crippen molar-refractivity contribution in [1.29, 1.82) is 0 Å². The lowest BCUT2D eigenvalue weighted by Crippen LogP contribution is -2.73. The zero-order chi connectivity index (χ0) is 56.7. The fourth-order valence-corrected chi connectivity index (χ4v) is 3.30. The number of rotatable bonds is 19. The van der Waals surface area contributed by atoms with Crippen LogP contribution in [0.1, 0.15) is 6.92 Å². The van der Waals surface area contributed by atoms with Crippen LogP contribution in [0.15, 0.2) is 0 Å². The monoisotopic (exact) mass is 1140 g/mol. The maximum absolute atomic E-state index is 14.8. The molecule has 0 aromatic heterocycles. The second-order valence-corrected chi connectivity index (χ2v) is 11.5. The fraction of sp³-hybridized carbons (Fsp3) is 0.955. The third-order valence-electron chi connectivity index (χ3n) is 6.54. The molecule has 0 rings (SSSR count). The predicted octanol–water partition coefficient (Wildman–Crippen LogP) is 12.1. The van der Waals surface area contributed by atoms with E-state index in [1.54, 1.807) is 0 Å². The van der Waals surface area contributed by atoms with Crippen molar-refractivity contribution in [1.82, 2.24) is 0 Å². The zero-order valence-corrected chi connectivity index (χ0v) is 29.7. The molecule has 0 radical (unpaired) electrons. The SMILES string of the molecule is CCOC(=O)C(F)(OC(F)(F)C(F)(OC(F)(F)C(F)(OC(F)(F)C(F)(OC(F)(F)C(F)(OC(F)(F)C(F)(OC(F)(F)C(F)(F)F)C(F)(F)F)C(F)(F)F)C(F)(F)F)C(F)(F)F)C(F)(F)F)C(F)(F)F. The fourth-order valence-electron chi connectivity index (χ4n) is 3.30. The van der Waals surface area contributed by atoms with Gasteiger partial charge in [0.2, 0.25) is 0 Å². The Bertz CT molecular complexity index is 1790. The number of hydrogen-bond acceptors (Lipinski definition) is 8. The molecule has 0 heterocycles. The van der Waals surface area contributed by atoms with E-state index in [0.29, 0.717) is 14.2 Å². The summed E-state index contributed by atoms with van der Waals surface area (Å²) in [5.74, 6) is -59.2. The number of esters is 1. The lowest BCUT2D eigenvalue weighted by molar-refractivity contribution is -0.604. The van der Waals surface area contributed by atoms with Crippen molar-refractivity contribution in [2.24, 2.45) is 0 Å². The normalized spacial score (nSPS) is 20.8. The van der Waals surface area contributed by atoms with E-state index in [1.165, 1.54) is 4.74 Å². The summed E-state index contributed by atoms with van der Waals surface area (Å²) >= 11 is 0. The van der Waals surface area contributed by atoms with Gasteiger partial charge < -0.3 is 4.74 Å². The van der Waals surface area contributed by atoms with Crippen molar-refractivity contribution in [3.8, 4) is 0 Å². The van der Waals surface area contributed by atoms with Crippen molar-refractivity contribution in [2.45, 2.75) is 122 Å². The van der Waals surface area contributed by atoms with Crippen LogP contribution in [0.5, 0.6) is 0 Å². The highest BCUT2D eigenvalue weighted by molar-refractivity contribution is 5.78. The van der Waals surface area contributed by atoms with Crippen molar-refractivity contribution in [3.63, 3.8) is 0 Å². The molecular weight excluding hydrogens is 1130 g/mol. The smallest absolute Gasteiger partial charge is 0.462 e. The Morgan fingerprint density at radius 3 is 0.580 bits per heavy atom. The quantitative estimate of drug-likeness (QED) is 0.0935. The van der Waals surface area contributed by atoms with E-state index in [4.69, 9.17) is 0 Å². The summed E-state index contributed by atoms with van der Waals surface area (Å²) in [7, 11) is 0. The van der Waals surface area contributed by atoms with Gasteiger partial charge >= 0.3 is 121 Å². The van der Waals surface area contributed by atoms with Gasteiger partial charge in [-0.05, 0) is 6.92 Å². The molecule has 0 aromatic rings. The molecule has 69 heavy (non-hydrogen) atoms. The molecule has 0 spiro atoms. The number of halogens is 39. The van der Waals surface area contributed by atoms with Gasteiger partial charge in [0.15, 0.2) is 0 Å². The van der Waals surface area contributed by atoms with Crippen LogP contribution in [-0.4, -0.2) is 128 Å². The first kappa shape index (κ1) is 65.5. The van der Waals surface area contributed by atoms with E-state index < -0.39 is 128 Å². The van der Waals surface area contributed by atoms with Crippen LogP contribution in [0.3, 0.4) is 0 Å². The predicted molar refractivity (Wildman–Crippen MR) is 118 cm³/mol. The average Bonchev–Trinajstić information content (AvgIpc) is 3.03. The Kier molecular flexibility index (Phi) is 16.7. The van der Waals surface area contributed by atoms with Crippen molar-refractivity contribution in [3.05, 3.63) is 0 Å². The van der Waals surface area contributed by atoms with Crippen LogP contribution in [0.2, 0.25) is 0 Å². The van der Waals surface area contributed by atoms with Crippen LogP contribution in [0, 0.1) is 0 Å². The van der Waals surface area contributed by atoms with Gasteiger partial charge in [-0.3, -0.25) is 28.4 Å². The first-order valence-electron chi connectivity index (χ1n) is 14.5. The summed E-state index contributed by atoms with van der Waals surface area (Å²) in [5, 5.41) is 0. The van der Waals surface area contributed by atoms with Gasteiger partial charge in [-0.1, -0.05) is 0 Å². The molecule has 0 aromatic carbocycles. The molecule has 0 aliphatic heterocycles. The number of alkyl halides is 39. The van der Waals surface area contributed by atoms with Gasteiger partial charge in [0.25, 0.3) is 0 Å². The van der Waals surface area contributed by atoms with Gasteiger partial charge in [-0.2, -0.15) is 171 Å². The highest BCUT2D eigenvalue weighted by Crippen LogP contribution is 2.63. The highest BCUT2D eigenvalue weighted by atomic mass is 19.5. The minimum absolute atomic E-state index is 0.202. The molecule has 0 saturated heterocycles. The summed E-state index contributed by atoms with van der Waals surface area (Å²) in [6.45, 7) is -1.59. The molecule has 6 atom stereocenters. The zero-order valence-electron chi connectivity index (χ0n) is 29.7. The number of carbonyl (C=O) groups is 1. The molecule has 0 amide bonds. The summed E-state index contributed by atoms with van der Waals surface area (Å²) in [5.41, 5.74) is 0. The van der Waals surface area contributed by atoms with E-state index in [-0.39, 0.29) is 6.92 Å². The van der Waals surface area contributed by atoms with Crippen molar-refractivity contribution >= 4 is 5.97 Å². The summed E-state index contributed by atoms with van der Waals surface area (Å²) in [4.78, 5) is 11.2. The number of carbonyl (C=O) groups excluding carboxylic acids is 1. The van der Waals surface area contributed by atoms with Crippen LogP contribution in [-0.2, 0) is 38.0 Å². The maximum Gasteiger partial charge on any atom is 0.483 e. The first-order chi connectivity index (χ1) is 29.2. The molecule has 0 bridgehead atoms. The standard InChI is InChI=1S/C22H5F39O8/c1-2-63-3(62)4(23,10(29,30)31)64-17(50,51)5(24,11(32,33)34)65-18(52,53)6(25,12(35,36)37)66-19(54,55)7(26,13(38,39)40)67-20(56,57)8(27,14(41,42)43)68-21(58,59)9(28,15(44,45)46)69-22(60,61)16(47,48)49/h2H2,1H3. The van der Waals surface area contributed by atoms with E-state index >= 15 is 0 Å². The Morgan fingerprint density at radius 2 is 0.435 bits per heavy atom. The summed E-state index contributed by atoms with van der Waals surface area (Å²) < 4.78 is 539. The molecule has 6 unspecified atom stereocenters. The minimum Gasteiger partial charge on any atom is -0.462 e. The van der Waals surface area contributed by atoms with Crippen LogP contribution >= 0.6 is 0 Å². The molecule has 0 saturated carbocycles. The molecule has 0 aliphatic rings. The maximum atomic E-state index is 14.8. The Balaban J connectivity index is 8.25. The van der Waals surface area contributed by atoms with Crippen molar-refractivity contribution < 1.29 is 209 Å². The van der Waals surface area contributed by atoms with Crippen LogP contribution in [0.4, 0.5) is 171 Å². The highest BCUT2D eigenvalue weighted by Gasteiger charge is 2.92. The number of ether oxygens (including phenoxy) is 7. The van der Waals surface area contributed by atoms with Gasteiger partial charge in [0, 0.05) is 0 Å². The van der Waals surface area contributed by atoms with Crippen LogP contribution < -0.4 is 0 Å². The third-order valence-corrected chi connectivity index (χ3v) is 6.54. The molecule has 0 aliphatic carbocycles. The largest absolute Gasteiger partial charge is 0.483 e. The molecule has 8 nitrogen and oxygen atoms in total. The second kappa shape index (κ2) is 17.6. The van der Waals surface area contributed by atoms with E-state index in [0.717, 1.165) is 9.47 Å². The van der Waals surface area contributed by atoms with E-state index in [9.17, 15) is 176 Å². The molecule has 47 heteroatoms. The second-order valence-electron chi connectivity index (χ2n) is 11.5. The molecular formula is C22H5F39O8. The van der Waals surface area contributed by atoms with Gasteiger partial charge in [-0.25, -0.2) is 4.79 Å².